The number of fused-ring (bicyclic) bond motifs is 3. The van der Waals surface area contributed by atoms with Crippen LogP contribution in [0.2, 0.25) is 5.02 Å². The number of aliphatic hydroxyl groups is 1. The number of hydrogen-bond donors (Lipinski definition) is 2. The Kier molecular flexibility index (Phi) is 6.78. The summed E-state index contributed by atoms with van der Waals surface area (Å²) < 4.78 is 13.3. The van der Waals surface area contributed by atoms with Gasteiger partial charge in [-0.3, -0.25) is 4.79 Å². The van der Waals surface area contributed by atoms with E-state index in [0.717, 1.165) is 22.3 Å². The normalized spacial score (nSPS) is 23.7. The van der Waals surface area contributed by atoms with E-state index < -0.39 is 12.4 Å². The van der Waals surface area contributed by atoms with Gasteiger partial charge in [-0.2, -0.15) is 0 Å². The van der Waals surface area contributed by atoms with Gasteiger partial charge >= 0.3 is 0 Å². The van der Waals surface area contributed by atoms with E-state index in [9.17, 15) is 9.90 Å². The number of aromatic nitrogens is 3. The van der Waals surface area contributed by atoms with Gasteiger partial charge in [0, 0.05) is 34.8 Å². The number of aliphatic hydroxyl groups excluding tert-OH is 1. The second-order valence-corrected chi connectivity index (χ2v) is 10.6. The molecule has 36 heavy (non-hydrogen) atoms. The Balaban J connectivity index is 1.57. The Morgan fingerprint density at radius 2 is 2.11 bits per heavy atom. The molecule has 2 fully saturated rings. The van der Waals surface area contributed by atoms with Crippen LogP contribution in [0.5, 0.6) is 0 Å². The van der Waals surface area contributed by atoms with E-state index in [4.69, 9.17) is 26.1 Å². The van der Waals surface area contributed by atoms with Crippen LogP contribution in [-0.2, 0) is 16.0 Å². The Morgan fingerprint density at radius 1 is 1.33 bits per heavy atom. The zero-order valence-electron chi connectivity index (χ0n) is 21.2. The van der Waals surface area contributed by atoms with E-state index in [2.05, 4.69) is 33.6 Å². The zero-order valence-corrected chi connectivity index (χ0v) is 21.9. The maximum atomic E-state index is 13.2. The number of rotatable bonds is 6. The molecule has 4 heterocycles. The molecule has 2 bridgehead atoms. The van der Waals surface area contributed by atoms with Gasteiger partial charge in [0.1, 0.15) is 6.10 Å². The summed E-state index contributed by atoms with van der Waals surface area (Å²) in [6.07, 6.45) is 0.613. The summed E-state index contributed by atoms with van der Waals surface area (Å²) in [5.74, 6) is 0.360. The third-order valence-corrected chi connectivity index (χ3v) is 7.14. The number of nitrogens with one attached hydrogen (secondary N) is 1. The van der Waals surface area contributed by atoms with Crippen molar-refractivity contribution in [1.29, 1.82) is 0 Å². The van der Waals surface area contributed by atoms with E-state index >= 15 is 0 Å². The summed E-state index contributed by atoms with van der Waals surface area (Å²) in [5.41, 5.74) is 3.96. The Morgan fingerprint density at radius 3 is 2.83 bits per heavy atom. The molecular formula is C26H32ClN5O4. The summed E-state index contributed by atoms with van der Waals surface area (Å²) in [4.78, 5) is 24.3. The number of benzene rings is 1. The lowest BCUT2D eigenvalue weighted by Gasteiger charge is -2.32. The molecule has 0 unspecified atom stereocenters. The van der Waals surface area contributed by atoms with Crippen LogP contribution in [0.1, 0.15) is 37.6 Å². The molecule has 0 aliphatic carbocycles. The SMILES string of the molecule is Cc1c(CN(C)C)n(C(C)C)c2cc(-c3nc(N[C@@H]4C[C@H]5CO[C@H](O5)[C@H]4O)ncc3Cl)ccc2c1=O. The maximum Gasteiger partial charge on any atom is 0.223 e. The average molecular weight is 514 g/mol. The van der Waals surface area contributed by atoms with Crippen LogP contribution in [0.15, 0.2) is 29.2 Å². The van der Waals surface area contributed by atoms with Crippen LogP contribution in [0, 0.1) is 6.92 Å². The van der Waals surface area contributed by atoms with Crippen molar-refractivity contribution in [2.24, 2.45) is 0 Å². The predicted molar refractivity (Wildman–Crippen MR) is 139 cm³/mol. The molecule has 2 aliphatic heterocycles. The lowest BCUT2D eigenvalue weighted by Crippen LogP contribution is -2.48. The van der Waals surface area contributed by atoms with E-state index in [1.807, 2.05) is 39.2 Å². The Labute approximate surface area is 215 Å². The van der Waals surface area contributed by atoms with Crippen LogP contribution >= 0.6 is 11.6 Å². The Bertz CT molecular complexity index is 1360. The first kappa shape index (κ1) is 25.1. The number of anilines is 1. The second-order valence-electron chi connectivity index (χ2n) is 10.2. The van der Waals surface area contributed by atoms with Gasteiger partial charge in [-0.05, 0) is 53.4 Å². The minimum atomic E-state index is -0.828. The van der Waals surface area contributed by atoms with Crippen molar-refractivity contribution in [2.75, 3.05) is 26.0 Å². The van der Waals surface area contributed by atoms with Gasteiger partial charge in [0.25, 0.3) is 0 Å². The number of nitrogens with zero attached hydrogens (tertiary/aromatic N) is 4. The molecule has 1 aromatic carbocycles. The fraction of sp³-hybridized carbons (Fsp3) is 0.500. The van der Waals surface area contributed by atoms with Crippen LogP contribution in [-0.4, -0.2) is 69.8 Å². The fourth-order valence-electron chi connectivity index (χ4n) is 5.15. The van der Waals surface area contributed by atoms with Crippen LogP contribution in [0.3, 0.4) is 0 Å². The van der Waals surface area contributed by atoms with Gasteiger partial charge in [0.05, 0.1) is 41.2 Å². The summed E-state index contributed by atoms with van der Waals surface area (Å²) in [7, 11) is 3.99. The van der Waals surface area contributed by atoms with Gasteiger partial charge < -0.3 is 29.4 Å². The minimum Gasteiger partial charge on any atom is -0.386 e. The third-order valence-electron chi connectivity index (χ3n) is 6.86. The van der Waals surface area contributed by atoms with Gasteiger partial charge in [-0.1, -0.05) is 17.7 Å². The molecule has 0 saturated carbocycles. The number of ether oxygens (including phenoxy) is 2. The molecule has 2 saturated heterocycles. The van der Waals surface area contributed by atoms with E-state index in [0.29, 0.717) is 41.6 Å². The largest absolute Gasteiger partial charge is 0.386 e. The standard InChI is InChI=1S/C26H32ClN5O4/c1-13(2)32-20-8-15(6-7-17(20)23(33)14(3)21(32)11-31(4)5)22-18(27)10-28-26(30-22)29-19-9-16-12-35-25(36-16)24(19)34/h6-8,10,13,16,19,24-25,34H,9,11-12H2,1-5H3,(H,28,29,30)/t16-,19+,24-,25+/m0/s1. The number of pyridine rings is 1. The van der Waals surface area contributed by atoms with Gasteiger partial charge in [-0.15, -0.1) is 0 Å². The first-order valence-electron chi connectivity index (χ1n) is 12.2. The third kappa shape index (κ3) is 4.50. The predicted octanol–water partition coefficient (Wildman–Crippen LogP) is 3.35. The quantitative estimate of drug-likeness (QED) is 0.517. The number of hydrogen-bond acceptors (Lipinski definition) is 8. The molecule has 2 aromatic heterocycles. The first-order chi connectivity index (χ1) is 17.1. The average Bonchev–Trinajstić information content (AvgIpc) is 3.24. The summed E-state index contributed by atoms with van der Waals surface area (Å²) in [5, 5.41) is 14.9. The Hall–Kier alpha value is -2.56. The molecule has 0 amide bonds. The highest BCUT2D eigenvalue weighted by molar-refractivity contribution is 6.33. The zero-order chi connectivity index (χ0) is 25.7. The lowest BCUT2D eigenvalue weighted by atomic mass is 10.0. The fourth-order valence-corrected chi connectivity index (χ4v) is 5.35. The van der Waals surface area contributed by atoms with Crippen molar-refractivity contribution in [2.45, 2.75) is 64.3 Å². The first-order valence-corrected chi connectivity index (χ1v) is 12.6. The monoisotopic (exact) mass is 513 g/mol. The van der Waals surface area contributed by atoms with Crippen LogP contribution in [0.4, 0.5) is 5.95 Å². The lowest BCUT2D eigenvalue weighted by molar-refractivity contribution is -0.156. The van der Waals surface area contributed by atoms with Crippen LogP contribution < -0.4 is 10.7 Å². The van der Waals surface area contributed by atoms with Crippen molar-refractivity contribution in [3.05, 3.63) is 50.9 Å². The van der Waals surface area contributed by atoms with Gasteiger partial charge in [0.2, 0.25) is 5.95 Å². The highest BCUT2D eigenvalue weighted by Crippen LogP contribution is 2.32. The van der Waals surface area contributed by atoms with Crippen molar-refractivity contribution >= 4 is 28.5 Å². The molecule has 0 radical (unpaired) electrons. The number of halogens is 1. The molecule has 10 heteroatoms. The highest BCUT2D eigenvalue weighted by Gasteiger charge is 2.43. The van der Waals surface area contributed by atoms with Crippen molar-refractivity contribution in [3.8, 4) is 11.3 Å². The molecule has 2 N–H and O–H groups in total. The smallest absolute Gasteiger partial charge is 0.223 e. The topological polar surface area (TPSA) is 102 Å². The van der Waals surface area contributed by atoms with Crippen molar-refractivity contribution in [1.82, 2.24) is 19.4 Å². The molecule has 0 spiro atoms. The molecular weight excluding hydrogens is 482 g/mol. The van der Waals surface area contributed by atoms with E-state index in [1.165, 1.54) is 0 Å². The van der Waals surface area contributed by atoms with Crippen molar-refractivity contribution < 1.29 is 14.6 Å². The summed E-state index contributed by atoms with van der Waals surface area (Å²) in [6, 6.07) is 5.54. The molecule has 2 aliphatic rings. The van der Waals surface area contributed by atoms with E-state index in [1.54, 1.807) is 6.20 Å². The molecule has 3 aromatic rings. The second kappa shape index (κ2) is 9.72. The summed E-state index contributed by atoms with van der Waals surface area (Å²) >= 11 is 6.55. The van der Waals surface area contributed by atoms with Crippen molar-refractivity contribution in [3.63, 3.8) is 0 Å². The molecule has 9 nitrogen and oxygen atoms in total. The maximum absolute atomic E-state index is 13.2. The highest BCUT2D eigenvalue weighted by atomic mass is 35.5. The molecule has 5 rings (SSSR count). The van der Waals surface area contributed by atoms with Gasteiger partial charge in [0.15, 0.2) is 11.7 Å². The van der Waals surface area contributed by atoms with Gasteiger partial charge in [-0.25, -0.2) is 9.97 Å². The molecule has 4 atom stereocenters. The van der Waals surface area contributed by atoms with Crippen LogP contribution in [0.25, 0.3) is 22.2 Å². The minimum absolute atomic E-state index is 0.0341. The van der Waals surface area contributed by atoms with E-state index in [-0.39, 0.29) is 23.6 Å². The summed E-state index contributed by atoms with van der Waals surface area (Å²) in [6.45, 7) is 7.25. The molecule has 192 valence electrons.